The van der Waals surface area contributed by atoms with Crippen molar-refractivity contribution in [2.75, 3.05) is 12.9 Å². The minimum absolute atomic E-state index is 0.0553. The van der Waals surface area contributed by atoms with Gasteiger partial charge in [-0.2, -0.15) is 0 Å². The molecular formula is C12H11BrN2O2S. The second-order valence-corrected chi connectivity index (χ2v) is 5.27. The third-order valence-electron chi connectivity index (χ3n) is 2.29. The molecule has 1 aromatic heterocycles. The Labute approximate surface area is 117 Å². The number of aromatic amines is 1. The maximum atomic E-state index is 12.0. The molecule has 1 heterocycles. The average molecular weight is 327 g/mol. The number of carbonyl (C=O) groups excluding carboxylic acids is 1. The van der Waals surface area contributed by atoms with Gasteiger partial charge in [0, 0.05) is 18.0 Å². The Morgan fingerprint density at radius 3 is 3.00 bits per heavy atom. The molecule has 2 aromatic rings. The van der Waals surface area contributed by atoms with Gasteiger partial charge in [-0.1, -0.05) is 11.8 Å². The molecule has 0 unspecified atom stereocenters. The first-order chi connectivity index (χ1) is 8.70. The number of imidazole rings is 1. The summed E-state index contributed by atoms with van der Waals surface area (Å²) in [7, 11) is 1.59. The van der Waals surface area contributed by atoms with Crippen molar-refractivity contribution in [1.82, 2.24) is 9.97 Å². The Morgan fingerprint density at radius 2 is 2.39 bits per heavy atom. The van der Waals surface area contributed by atoms with Crippen LogP contribution < -0.4 is 4.74 Å². The number of nitrogens with zero attached hydrogens (tertiary/aromatic N) is 1. The summed E-state index contributed by atoms with van der Waals surface area (Å²) < 4.78 is 5.90. The maximum absolute atomic E-state index is 12.0. The summed E-state index contributed by atoms with van der Waals surface area (Å²) in [6, 6.07) is 5.30. The molecule has 0 aliphatic carbocycles. The van der Waals surface area contributed by atoms with Crippen LogP contribution in [-0.2, 0) is 0 Å². The van der Waals surface area contributed by atoms with Gasteiger partial charge in [-0.3, -0.25) is 4.79 Å². The predicted octanol–water partition coefficient (Wildman–Crippen LogP) is 3.16. The first kappa shape index (κ1) is 13.2. The van der Waals surface area contributed by atoms with Crippen molar-refractivity contribution in [2.24, 2.45) is 0 Å². The van der Waals surface area contributed by atoms with Crippen molar-refractivity contribution in [2.45, 2.75) is 5.16 Å². The number of halogens is 1. The van der Waals surface area contributed by atoms with E-state index in [2.05, 4.69) is 25.9 Å². The van der Waals surface area contributed by atoms with Crippen molar-refractivity contribution in [3.05, 3.63) is 40.6 Å². The quantitative estimate of drug-likeness (QED) is 0.677. The number of carbonyl (C=O) groups is 1. The van der Waals surface area contributed by atoms with E-state index in [4.69, 9.17) is 4.74 Å². The van der Waals surface area contributed by atoms with Gasteiger partial charge >= 0.3 is 0 Å². The summed E-state index contributed by atoms with van der Waals surface area (Å²) in [4.78, 5) is 19.0. The Balaban J connectivity index is 2.02. The average Bonchev–Trinajstić information content (AvgIpc) is 2.89. The molecule has 0 saturated carbocycles. The zero-order valence-corrected chi connectivity index (χ0v) is 12.0. The highest BCUT2D eigenvalue weighted by Crippen LogP contribution is 2.26. The Kier molecular flexibility index (Phi) is 4.43. The van der Waals surface area contributed by atoms with Crippen LogP contribution in [0.5, 0.6) is 5.75 Å². The van der Waals surface area contributed by atoms with Crippen LogP contribution in [0.4, 0.5) is 0 Å². The lowest BCUT2D eigenvalue weighted by atomic mass is 10.1. The number of rotatable bonds is 5. The largest absolute Gasteiger partial charge is 0.496 e. The predicted molar refractivity (Wildman–Crippen MR) is 74.3 cm³/mol. The summed E-state index contributed by atoms with van der Waals surface area (Å²) in [5.74, 6) is 1.12. The van der Waals surface area contributed by atoms with E-state index in [1.54, 1.807) is 37.7 Å². The molecule has 0 fully saturated rings. The van der Waals surface area contributed by atoms with Gasteiger partial charge in [0.2, 0.25) is 0 Å². The van der Waals surface area contributed by atoms with Gasteiger partial charge in [-0.25, -0.2) is 4.98 Å². The highest BCUT2D eigenvalue weighted by molar-refractivity contribution is 9.10. The van der Waals surface area contributed by atoms with Crippen LogP contribution in [0.25, 0.3) is 0 Å². The fourth-order valence-electron chi connectivity index (χ4n) is 1.39. The Morgan fingerprint density at radius 1 is 1.56 bits per heavy atom. The molecule has 1 N–H and O–H groups in total. The van der Waals surface area contributed by atoms with Gasteiger partial charge in [0.05, 0.1) is 17.3 Å². The summed E-state index contributed by atoms with van der Waals surface area (Å²) in [6.45, 7) is 0. The second kappa shape index (κ2) is 6.06. The number of ketones is 1. The van der Waals surface area contributed by atoms with Gasteiger partial charge in [0.15, 0.2) is 10.9 Å². The molecule has 0 spiro atoms. The van der Waals surface area contributed by atoms with Gasteiger partial charge in [-0.15, -0.1) is 0 Å². The van der Waals surface area contributed by atoms with E-state index in [1.165, 1.54) is 11.8 Å². The van der Waals surface area contributed by atoms with E-state index in [0.29, 0.717) is 17.1 Å². The monoisotopic (exact) mass is 326 g/mol. The fraction of sp³-hybridized carbons (Fsp3) is 0.167. The minimum atomic E-state index is 0.0553. The number of methoxy groups -OCH3 is 1. The van der Waals surface area contributed by atoms with Crippen LogP contribution >= 0.6 is 27.7 Å². The first-order valence-corrected chi connectivity index (χ1v) is 6.97. The van der Waals surface area contributed by atoms with Crippen molar-refractivity contribution in [3.63, 3.8) is 0 Å². The van der Waals surface area contributed by atoms with Crippen LogP contribution in [0.3, 0.4) is 0 Å². The lowest BCUT2D eigenvalue weighted by Crippen LogP contribution is -2.02. The smallest absolute Gasteiger partial charge is 0.173 e. The highest BCUT2D eigenvalue weighted by atomic mass is 79.9. The van der Waals surface area contributed by atoms with E-state index in [-0.39, 0.29) is 5.78 Å². The van der Waals surface area contributed by atoms with E-state index in [0.717, 1.165) is 9.63 Å². The van der Waals surface area contributed by atoms with Crippen LogP contribution in [0.15, 0.2) is 40.2 Å². The van der Waals surface area contributed by atoms with Gasteiger partial charge in [0.25, 0.3) is 0 Å². The maximum Gasteiger partial charge on any atom is 0.173 e. The molecule has 0 amide bonds. The van der Waals surface area contributed by atoms with E-state index in [1.807, 2.05) is 0 Å². The Hall–Kier alpha value is -1.27. The Bertz CT molecular complexity index is 543. The second-order valence-electron chi connectivity index (χ2n) is 3.46. The fourth-order valence-corrected chi connectivity index (χ4v) is 2.65. The number of H-pyrrole nitrogens is 1. The molecule has 1 aromatic carbocycles. The lowest BCUT2D eigenvalue weighted by molar-refractivity contribution is 0.102. The summed E-state index contributed by atoms with van der Waals surface area (Å²) in [5, 5.41) is 0.746. The zero-order chi connectivity index (χ0) is 13.0. The van der Waals surface area contributed by atoms with Crippen LogP contribution in [0.1, 0.15) is 10.4 Å². The normalized spacial score (nSPS) is 10.3. The molecule has 2 rings (SSSR count). The number of benzene rings is 1. The van der Waals surface area contributed by atoms with Crippen molar-refractivity contribution >= 4 is 33.5 Å². The topological polar surface area (TPSA) is 55.0 Å². The molecule has 0 aliphatic rings. The molecule has 4 nitrogen and oxygen atoms in total. The van der Waals surface area contributed by atoms with Crippen molar-refractivity contribution < 1.29 is 9.53 Å². The number of thioether (sulfide) groups is 1. The zero-order valence-electron chi connectivity index (χ0n) is 9.64. The number of aromatic nitrogens is 2. The molecule has 18 heavy (non-hydrogen) atoms. The molecule has 94 valence electrons. The molecule has 6 heteroatoms. The molecular weight excluding hydrogens is 316 g/mol. The summed E-state index contributed by atoms with van der Waals surface area (Å²) >= 11 is 4.75. The summed E-state index contributed by atoms with van der Waals surface area (Å²) in [6.07, 6.45) is 3.40. The lowest BCUT2D eigenvalue weighted by Gasteiger charge is -2.05. The molecule has 0 aliphatic heterocycles. The molecule has 0 bridgehead atoms. The van der Waals surface area contributed by atoms with Crippen LogP contribution in [-0.4, -0.2) is 28.6 Å². The number of hydrogen-bond donors (Lipinski definition) is 1. The molecule has 0 atom stereocenters. The van der Waals surface area contributed by atoms with E-state index < -0.39 is 0 Å². The van der Waals surface area contributed by atoms with E-state index in [9.17, 15) is 4.79 Å². The number of Topliss-reactive ketones (excluding diaryl/α,β-unsaturated/α-hetero) is 1. The molecule has 0 saturated heterocycles. The van der Waals surface area contributed by atoms with Gasteiger partial charge in [0.1, 0.15) is 5.75 Å². The number of ether oxygens (including phenoxy) is 1. The highest BCUT2D eigenvalue weighted by Gasteiger charge is 2.10. The van der Waals surface area contributed by atoms with Crippen LogP contribution in [0, 0.1) is 0 Å². The van der Waals surface area contributed by atoms with Crippen molar-refractivity contribution in [3.8, 4) is 5.75 Å². The van der Waals surface area contributed by atoms with E-state index >= 15 is 0 Å². The van der Waals surface area contributed by atoms with Crippen LogP contribution in [0.2, 0.25) is 0 Å². The summed E-state index contributed by atoms with van der Waals surface area (Å²) in [5.41, 5.74) is 0.654. The minimum Gasteiger partial charge on any atom is -0.496 e. The van der Waals surface area contributed by atoms with Gasteiger partial charge < -0.3 is 9.72 Å². The number of nitrogens with one attached hydrogen (secondary N) is 1. The van der Waals surface area contributed by atoms with Crippen molar-refractivity contribution in [1.29, 1.82) is 0 Å². The number of hydrogen-bond acceptors (Lipinski definition) is 4. The van der Waals surface area contributed by atoms with Gasteiger partial charge in [-0.05, 0) is 34.1 Å². The standard InChI is InChI=1S/C12H11BrN2O2S/c1-17-11-3-2-8(6-9(11)13)10(16)7-18-12-14-4-5-15-12/h2-6H,7H2,1H3,(H,14,15). The first-order valence-electron chi connectivity index (χ1n) is 5.19. The molecule has 0 radical (unpaired) electrons. The SMILES string of the molecule is COc1ccc(C(=O)CSc2ncc[nH]2)cc1Br. The third kappa shape index (κ3) is 3.14. The third-order valence-corrected chi connectivity index (χ3v) is 3.81.